The first kappa shape index (κ1) is 18.5. The maximum Gasteiger partial charge on any atom is 0.224 e. The number of rotatable bonds is 3. The van der Waals surface area contributed by atoms with Crippen molar-refractivity contribution in [1.29, 1.82) is 0 Å². The van der Waals surface area contributed by atoms with Gasteiger partial charge in [0.15, 0.2) is 0 Å². The van der Waals surface area contributed by atoms with Gasteiger partial charge in [0.2, 0.25) is 11.8 Å². The lowest BCUT2D eigenvalue weighted by Crippen LogP contribution is -2.46. The van der Waals surface area contributed by atoms with Gasteiger partial charge in [0.1, 0.15) is 11.4 Å². The van der Waals surface area contributed by atoms with Gasteiger partial charge in [-0.2, -0.15) is 0 Å². The quantitative estimate of drug-likeness (QED) is 0.890. The van der Waals surface area contributed by atoms with Crippen LogP contribution in [0.2, 0.25) is 0 Å². The molecular formula is C22H25N3O3. The van der Waals surface area contributed by atoms with Gasteiger partial charge < -0.3 is 15.0 Å². The molecule has 6 heteroatoms. The molecule has 4 rings (SSSR count). The van der Waals surface area contributed by atoms with Crippen molar-refractivity contribution < 1.29 is 14.3 Å². The van der Waals surface area contributed by atoms with E-state index < -0.39 is 5.60 Å². The fourth-order valence-electron chi connectivity index (χ4n) is 4.13. The highest BCUT2D eigenvalue weighted by atomic mass is 16.5. The summed E-state index contributed by atoms with van der Waals surface area (Å²) in [6.07, 6.45) is 6.28. The van der Waals surface area contributed by atoms with Gasteiger partial charge in [-0.3, -0.25) is 14.6 Å². The van der Waals surface area contributed by atoms with E-state index >= 15 is 0 Å². The predicted octanol–water partition coefficient (Wildman–Crippen LogP) is 2.65. The third-order valence-electron chi connectivity index (χ3n) is 5.77. The molecule has 0 bridgehead atoms. The number of nitrogens with zero attached hydrogens (tertiary/aromatic N) is 2. The van der Waals surface area contributed by atoms with E-state index in [0.29, 0.717) is 32.2 Å². The molecule has 2 aliphatic rings. The van der Waals surface area contributed by atoms with Crippen LogP contribution < -0.4 is 10.1 Å². The van der Waals surface area contributed by atoms with Crippen LogP contribution in [-0.4, -0.2) is 40.9 Å². The molecule has 1 spiro atoms. The third-order valence-corrected chi connectivity index (χ3v) is 5.77. The molecule has 1 aromatic carbocycles. The summed E-state index contributed by atoms with van der Waals surface area (Å²) < 4.78 is 6.43. The Labute approximate surface area is 164 Å². The summed E-state index contributed by atoms with van der Waals surface area (Å²) in [5.41, 5.74) is 1.51. The van der Waals surface area contributed by atoms with Gasteiger partial charge in [0, 0.05) is 50.8 Å². The maximum atomic E-state index is 12.7. The van der Waals surface area contributed by atoms with Gasteiger partial charge >= 0.3 is 0 Å². The number of hydrogen-bond donors (Lipinski definition) is 1. The molecule has 146 valence electrons. The van der Waals surface area contributed by atoms with Crippen molar-refractivity contribution in [2.75, 3.05) is 13.6 Å². The molecule has 2 amide bonds. The lowest BCUT2D eigenvalue weighted by Gasteiger charge is -2.42. The van der Waals surface area contributed by atoms with Crippen molar-refractivity contribution in [2.24, 2.45) is 0 Å². The Morgan fingerprint density at radius 1 is 1.25 bits per heavy atom. The molecule has 2 atom stereocenters. The molecule has 0 unspecified atom stereocenters. The summed E-state index contributed by atoms with van der Waals surface area (Å²) in [7, 11) is 1.84. The van der Waals surface area contributed by atoms with E-state index in [-0.39, 0.29) is 17.9 Å². The monoisotopic (exact) mass is 379 g/mol. The lowest BCUT2D eigenvalue weighted by atomic mass is 9.82. The number of carbonyl (C=O) groups is 2. The average Bonchev–Trinajstić information content (AvgIpc) is 2.83. The normalized spacial score (nSPS) is 24.2. The fourth-order valence-corrected chi connectivity index (χ4v) is 4.13. The highest BCUT2D eigenvalue weighted by Gasteiger charge is 2.43. The number of para-hydroxylation sites is 1. The first-order valence-electron chi connectivity index (χ1n) is 9.75. The second kappa shape index (κ2) is 7.62. The van der Waals surface area contributed by atoms with Gasteiger partial charge in [0.05, 0.1) is 12.5 Å². The Kier molecular flexibility index (Phi) is 5.03. The largest absolute Gasteiger partial charge is 0.487 e. The fraction of sp³-hybridized carbons (Fsp3) is 0.409. The lowest BCUT2D eigenvalue weighted by molar-refractivity contribution is -0.129. The van der Waals surface area contributed by atoms with Crippen LogP contribution in [0.3, 0.4) is 0 Å². The van der Waals surface area contributed by atoms with Crippen molar-refractivity contribution in [3.8, 4) is 5.75 Å². The second-order valence-corrected chi connectivity index (χ2v) is 7.74. The summed E-state index contributed by atoms with van der Waals surface area (Å²) >= 11 is 0. The number of fused-ring (bicyclic) bond motifs is 1. The van der Waals surface area contributed by atoms with Crippen molar-refractivity contribution in [3.05, 3.63) is 59.9 Å². The van der Waals surface area contributed by atoms with E-state index in [1.54, 1.807) is 17.3 Å². The van der Waals surface area contributed by atoms with E-state index in [0.717, 1.165) is 23.3 Å². The van der Waals surface area contributed by atoms with Crippen molar-refractivity contribution in [2.45, 2.75) is 43.7 Å². The number of ether oxygens (including phenoxy) is 1. The van der Waals surface area contributed by atoms with E-state index in [1.165, 1.54) is 0 Å². The molecule has 2 aromatic rings. The number of likely N-dealkylation sites (tertiary alicyclic amines) is 1. The highest BCUT2D eigenvalue weighted by molar-refractivity contribution is 5.79. The van der Waals surface area contributed by atoms with Gasteiger partial charge in [-0.1, -0.05) is 18.2 Å². The van der Waals surface area contributed by atoms with Crippen molar-refractivity contribution in [1.82, 2.24) is 15.2 Å². The molecule has 0 aliphatic carbocycles. The first-order valence-corrected chi connectivity index (χ1v) is 9.75. The van der Waals surface area contributed by atoms with Gasteiger partial charge in [-0.15, -0.1) is 0 Å². The van der Waals surface area contributed by atoms with Crippen LogP contribution in [-0.2, 0) is 16.0 Å². The zero-order chi connectivity index (χ0) is 19.6. The van der Waals surface area contributed by atoms with Crippen LogP contribution >= 0.6 is 0 Å². The van der Waals surface area contributed by atoms with Crippen LogP contribution in [0.4, 0.5) is 0 Å². The van der Waals surface area contributed by atoms with E-state index in [1.807, 2.05) is 43.4 Å². The van der Waals surface area contributed by atoms with Crippen LogP contribution in [0, 0.1) is 0 Å². The van der Waals surface area contributed by atoms with Gasteiger partial charge in [0.25, 0.3) is 0 Å². The van der Waals surface area contributed by atoms with Crippen LogP contribution in [0.25, 0.3) is 0 Å². The number of benzene rings is 1. The minimum atomic E-state index is -0.427. The molecule has 1 N–H and O–H groups in total. The first-order chi connectivity index (χ1) is 13.5. The third kappa shape index (κ3) is 3.86. The minimum absolute atomic E-state index is 0.0233. The summed E-state index contributed by atoms with van der Waals surface area (Å²) in [4.78, 5) is 30.6. The molecular weight excluding hydrogens is 354 g/mol. The van der Waals surface area contributed by atoms with Gasteiger partial charge in [-0.05, 0) is 30.2 Å². The number of nitrogens with one attached hydrogen (secondary N) is 1. The van der Waals surface area contributed by atoms with Crippen LogP contribution in [0.1, 0.15) is 42.9 Å². The van der Waals surface area contributed by atoms with E-state index in [2.05, 4.69) is 10.3 Å². The molecule has 3 heterocycles. The number of amides is 2. The summed E-state index contributed by atoms with van der Waals surface area (Å²) in [6, 6.07) is 11.5. The topological polar surface area (TPSA) is 71.5 Å². The summed E-state index contributed by atoms with van der Waals surface area (Å²) in [5.74, 6) is 0.933. The van der Waals surface area contributed by atoms with Crippen LogP contribution in [0.5, 0.6) is 5.75 Å². The Morgan fingerprint density at radius 3 is 2.86 bits per heavy atom. The van der Waals surface area contributed by atoms with Crippen molar-refractivity contribution in [3.63, 3.8) is 0 Å². The second-order valence-electron chi connectivity index (χ2n) is 7.74. The minimum Gasteiger partial charge on any atom is -0.487 e. The number of aromatic nitrogens is 1. The molecule has 1 saturated heterocycles. The Bertz CT molecular complexity index is 870. The predicted molar refractivity (Wildman–Crippen MR) is 105 cm³/mol. The van der Waals surface area contributed by atoms with E-state index in [9.17, 15) is 9.59 Å². The zero-order valence-corrected chi connectivity index (χ0v) is 16.1. The molecule has 28 heavy (non-hydrogen) atoms. The molecule has 1 fully saturated rings. The maximum absolute atomic E-state index is 12.7. The summed E-state index contributed by atoms with van der Waals surface area (Å²) in [5, 5.41) is 3.20. The van der Waals surface area contributed by atoms with Crippen LogP contribution in [0.15, 0.2) is 48.8 Å². The Hall–Kier alpha value is -2.89. The summed E-state index contributed by atoms with van der Waals surface area (Å²) in [6.45, 7) is 0.665. The van der Waals surface area contributed by atoms with E-state index in [4.69, 9.17) is 4.74 Å². The van der Waals surface area contributed by atoms with Gasteiger partial charge in [-0.25, -0.2) is 0 Å². The number of carbonyl (C=O) groups excluding carboxylic acids is 2. The Morgan fingerprint density at radius 2 is 2.04 bits per heavy atom. The smallest absolute Gasteiger partial charge is 0.224 e. The molecule has 0 radical (unpaired) electrons. The SMILES string of the molecule is CN1CC[C@]2(CCC1=O)C[C@H](NC(=O)Cc1ccncc1)c1ccccc1O2. The number of pyridine rings is 1. The average molecular weight is 379 g/mol. The molecule has 0 saturated carbocycles. The number of hydrogen-bond acceptors (Lipinski definition) is 4. The molecule has 1 aromatic heterocycles. The molecule has 6 nitrogen and oxygen atoms in total. The highest BCUT2D eigenvalue weighted by Crippen LogP contribution is 2.44. The zero-order valence-electron chi connectivity index (χ0n) is 16.1. The standard InChI is InChI=1S/C22H25N3O3/c1-25-13-10-22(9-6-21(25)27)15-18(17-4-2-3-5-19(17)28-22)24-20(26)14-16-7-11-23-12-8-16/h2-5,7-8,11-12,18H,6,9-10,13-15H2,1H3,(H,24,26)/t18-,22+/m0/s1. The Balaban J connectivity index is 1.55. The molecule has 2 aliphatic heterocycles. The van der Waals surface area contributed by atoms with Crippen molar-refractivity contribution >= 4 is 11.8 Å².